The van der Waals surface area contributed by atoms with Gasteiger partial charge in [0.2, 0.25) is 23.6 Å². The number of carbonyl (C=O) groups excluding carboxylic acids is 4. The summed E-state index contributed by atoms with van der Waals surface area (Å²) in [4.78, 5) is 61.5. The van der Waals surface area contributed by atoms with Crippen molar-refractivity contribution in [2.24, 2.45) is 0 Å². The molecule has 0 aromatic heterocycles. The van der Waals surface area contributed by atoms with Crippen molar-refractivity contribution in [1.29, 1.82) is 0 Å². The molecule has 3 unspecified atom stereocenters. The van der Waals surface area contributed by atoms with Crippen LogP contribution in [0.4, 0.5) is 5.69 Å². The zero-order valence-electron chi connectivity index (χ0n) is 23.1. The van der Waals surface area contributed by atoms with E-state index in [1.807, 2.05) is 60.7 Å². The average molecular weight is 563 g/mol. The third-order valence-corrected chi connectivity index (χ3v) is 6.32. The topological polar surface area (TPSA) is 163 Å². The lowest BCUT2D eigenvalue weighted by molar-refractivity contribution is -0.139. The minimum atomic E-state index is -1.13. The van der Waals surface area contributed by atoms with Crippen LogP contribution < -0.4 is 26.0 Å². The van der Waals surface area contributed by atoms with E-state index in [1.54, 1.807) is 13.2 Å². The Morgan fingerprint density at radius 1 is 0.780 bits per heavy atom. The molecule has 0 aliphatic heterocycles. The molecule has 11 heteroatoms. The number of fused-ring (bicyclic) bond motifs is 1. The molecule has 5 N–H and O–H groups in total. The fraction of sp³-hybridized carbons (Fsp3) is 0.300. The first kappa shape index (κ1) is 30.6. The highest BCUT2D eigenvalue weighted by Gasteiger charge is 2.26. The Balaban J connectivity index is 1.70. The molecule has 3 aromatic rings. The lowest BCUT2D eigenvalue weighted by atomic mass is 10.0. The van der Waals surface area contributed by atoms with Gasteiger partial charge in [-0.15, -0.1) is 0 Å². The fourth-order valence-electron chi connectivity index (χ4n) is 4.11. The second-order valence-electron chi connectivity index (χ2n) is 9.55. The number of carbonyl (C=O) groups is 5. The lowest BCUT2D eigenvalue weighted by Crippen LogP contribution is -2.55. The Morgan fingerprint density at radius 3 is 2.10 bits per heavy atom. The monoisotopic (exact) mass is 562 g/mol. The number of hydrogen-bond donors (Lipinski definition) is 5. The molecule has 3 atom stereocenters. The van der Waals surface area contributed by atoms with Gasteiger partial charge in [-0.3, -0.25) is 24.0 Å². The van der Waals surface area contributed by atoms with Crippen LogP contribution in [0.3, 0.4) is 0 Å². The maximum absolute atomic E-state index is 13.4. The highest BCUT2D eigenvalue weighted by Crippen LogP contribution is 2.29. The van der Waals surface area contributed by atoms with Gasteiger partial charge in [0.15, 0.2) is 0 Å². The second-order valence-corrected chi connectivity index (χ2v) is 9.55. The zero-order chi connectivity index (χ0) is 29.9. The van der Waals surface area contributed by atoms with E-state index < -0.39 is 47.7 Å². The summed E-state index contributed by atoms with van der Waals surface area (Å²) in [6.07, 6.45) is -0.446. The Morgan fingerprint density at radius 2 is 1.41 bits per heavy atom. The molecule has 41 heavy (non-hydrogen) atoms. The molecular formula is C30H34N4O7. The normalized spacial score (nSPS) is 12.9. The number of aliphatic carboxylic acids is 1. The van der Waals surface area contributed by atoms with Gasteiger partial charge >= 0.3 is 5.97 Å². The summed E-state index contributed by atoms with van der Waals surface area (Å²) in [7, 11) is 1.55. The maximum Gasteiger partial charge on any atom is 0.303 e. The van der Waals surface area contributed by atoms with E-state index in [9.17, 15) is 24.0 Å². The lowest BCUT2D eigenvalue weighted by Gasteiger charge is -2.23. The Hall–Kier alpha value is -4.93. The van der Waals surface area contributed by atoms with Crippen molar-refractivity contribution in [3.8, 4) is 5.75 Å². The molecule has 0 spiro atoms. The number of anilines is 1. The maximum atomic E-state index is 13.4. The average Bonchev–Trinajstić information content (AvgIpc) is 2.95. The van der Waals surface area contributed by atoms with Crippen LogP contribution in [0, 0.1) is 0 Å². The highest BCUT2D eigenvalue weighted by molar-refractivity contribution is 6.01. The van der Waals surface area contributed by atoms with E-state index in [4.69, 9.17) is 9.84 Å². The molecule has 0 bridgehead atoms. The first-order valence-corrected chi connectivity index (χ1v) is 13.1. The molecule has 0 saturated carbocycles. The fourth-order valence-corrected chi connectivity index (χ4v) is 4.11. The third kappa shape index (κ3) is 9.06. The number of ether oxygens (including phenoxy) is 1. The number of nitrogens with one attached hydrogen (secondary N) is 4. The van der Waals surface area contributed by atoms with Crippen LogP contribution in [0.2, 0.25) is 0 Å². The zero-order valence-corrected chi connectivity index (χ0v) is 23.1. The molecule has 0 aliphatic carbocycles. The van der Waals surface area contributed by atoms with E-state index in [0.29, 0.717) is 11.4 Å². The molecule has 216 valence electrons. The molecule has 0 fully saturated rings. The van der Waals surface area contributed by atoms with Gasteiger partial charge in [-0.1, -0.05) is 54.6 Å². The first-order valence-electron chi connectivity index (χ1n) is 13.1. The predicted molar refractivity (Wildman–Crippen MR) is 153 cm³/mol. The van der Waals surface area contributed by atoms with E-state index in [0.717, 1.165) is 16.3 Å². The van der Waals surface area contributed by atoms with Crippen molar-refractivity contribution in [1.82, 2.24) is 16.0 Å². The summed E-state index contributed by atoms with van der Waals surface area (Å²) in [6.45, 7) is 2.87. The van der Waals surface area contributed by atoms with E-state index in [1.165, 1.54) is 13.8 Å². The van der Waals surface area contributed by atoms with Gasteiger partial charge in [0, 0.05) is 30.0 Å². The first-order chi connectivity index (χ1) is 19.6. The second kappa shape index (κ2) is 14.5. The Labute approximate surface area is 237 Å². The molecule has 3 aromatic carbocycles. The molecule has 0 heterocycles. The number of rotatable bonds is 13. The summed E-state index contributed by atoms with van der Waals surface area (Å²) >= 11 is 0. The van der Waals surface area contributed by atoms with Crippen molar-refractivity contribution in [2.75, 3.05) is 12.4 Å². The van der Waals surface area contributed by atoms with Crippen LogP contribution in [0.25, 0.3) is 10.8 Å². The Kier molecular flexibility index (Phi) is 10.8. The van der Waals surface area contributed by atoms with Crippen LogP contribution in [-0.4, -0.2) is 59.9 Å². The van der Waals surface area contributed by atoms with Gasteiger partial charge in [-0.2, -0.15) is 0 Å². The van der Waals surface area contributed by atoms with Gasteiger partial charge in [-0.25, -0.2) is 0 Å². The summed E-state index contributed by atoms with van der Waals surface area (Å²) in [5.74, 6) is -2.84. The van der Waals surface area contributed by atoms with E-state index >= 15 is 0 Å². The smallest absolute Gasteiger partial charge is 0.303 e. The van der Waals surface area contributed by atoms with Crippen LogP contribution in [0.1, 0.15) is 32.3 Å². The summed E-state index contributed by atoms with van der Waals surface area (Å²) < 4.78 is 5.49. The van der Waals surface area contributed by atoms with Crippen molar-refractivity contribution >= 4 is 46.1 Å². The van der Waals surface area contributed by atoms with Crippen molar-refractivity contribution in [3.63, 3.8) is 0 Å². The Bertz CT molecular complexity index is 1410. The molecule has 4 amide bonds. The van der Waals surface area contributed by atoms with Crippen molar-refractivity contribution in [2.45, 2.75) is 51.2 Å². The van der Waals surface area contributed by atoms with Crippen LogP contribution in [-0.2, 0) is 30.4 Å². The number of amides is 4. The minimum Gasteiger partial charge on any atom is -0.496 e. The number of methoxy groups -OCH3 is 1. The summed E-state index contributed by atoms with van der Waals surface area (Å²) in [6, 6.07) is 17.3. The molecule has 0 aliphatic rings. The van der Waals surface area contributed by atoms with E-state index in [-0.39, 0.29) is 19.3 Å². The van der Waals surface area contributed by atoms with Gasteiger partial charge < -0.3 is 31.1 Å². The highest BCUT2D eigenvalue weighted by atomic mass is 16.5. The number of hydrogen-bond acceptors (Lipinski definition) is 6. The number of benzene rings is 3. The molecule has 0 radical (unpaired) electrons. The van der Waals surface area contributed by atoms with Gasteiger partial charge in [0.25, 0.3) is 0 Å². The van der Waals surface area contributed by atoms with Crippen molar-refractivity contribution < 1.29 is 33.8 Å². The molecule has 0 saturated heterocycles. The third-order valence-electron chi connectivity index (χ3n) is 6.32. The SMILES string of the molecule is COc1cc(NC(=O)C(Cc2ccccc2)NC(=O)C(C)NC(=O)C(C)NC(=O)CCC(=O)O)cc2ccccc12. The minimum absolute atomic E-state index is 0.194. The van der Waals surface area contributed by atoms with Crippen LogP contribution in [0.15, 0.2) is 66.7 Å². The van der Waals surface area contributed by atoms with Gasteiger partial charge in [0.1, 0.15) is 23.9 Å². The summed E-state index contributed by atoms with van der Waals surface area (Å²) in [5, 5.41) is 21.0. The summed E-state index contributed by atoms with van der Waals surface area (Å²) in [5.41, 5.74) is 1.31. The van der Waals surface area contributed by atoms with E-state index in [2.05, 4.69) is 21.3 Å². The predicted octanol–water partition coefficient (Wildman–Crippen LogP) is 2.39. The van der Waals surface area contributed by atoms with Crippen LogP contribution in [0.5, 0.6) is 5.75 Å². The van der Waals surface area contributed by atoms with Crippen LogP contribution >= 0.6 is 0 Å². The molecular weight excluding hydrogens is 528 g/mol. The van der Waals surface area contributed by atoms with Gasteiger partial charge in [-0.05, 0) is 30.9 Å². The standard InChI is InChI=1S/C30H34N4O7/c1-18(31-26(35)13-14-27(36)37)28(38)32-19(2)29(39)34-24(15-20-9-5-4-6-10-20)30(40)33-22-16-21-11-7-8-12-23(21)25(17-22)41-3/h4-12,16-19,24H,13-15H2,1-3H3,(H,31,35)(H,32,38)(H,33,40)(H,34,39)(H,36,37). The molecule has 11 nitrogen and oxygen atoms in total. The number of carboxylic acid groups (broad SMARTS) is 1. The van der Waals surface area contributed by atoms with Gasteiger partial charge in [0.05, 0.1) is 13.5 Å². The van der Waals surface area contributed by atoms with Crippen molar-refractivity contribution in [3.05, 3.63) is 72.3 Å². The number of carboxylic acids is 1. The molecule has 3 rings (SSSR count). The quantitative estimate of drug-likeness (QED) is 0.214. The largest absolute Gasteiger partial charge is 0.496 e.